The predicted octanol–water partition coefficient (Wildman–Crippen LogP) is 6.02. The predicted molar refractivity (Wildman–Crippen MR) is 136 cm³/mol. The Labute approximate surface area is 194 Å². The van der Waals surface area contributed by atoms with Crippen LogP contribution in [0.2, 0.25) is 0 Å². The average molecular weight is 456 g/mol. The standard InChI is InChI=1S/C25H33N3OS2/c1-5-20-9-6-10-22-24(20)26-25(31-22)28(17-8-16-27(3)4)23(29)11-7-18-30-21-14-12-19(2)13-15-21/h6,9-10,12-15H,5,7-8,11,16-18H2,1-4H3. The highest BCUT2D eigenvalue weighted by Gasteiger charge is 2.20. The van der Waals surface area contributed by atoms with Crippen molar-refractivity contribution >= 4 is 44.4 Å². The molecule has 1 aromatic heterocycles. The molecule has 166 valence electrons. The number of thioether (sulfide) groups is 1. The molecule has 1 heterocycles. The number of hydrogen-bond acceptors (Lipinski definition) is 5. The molecule has 1 amide bonds. The van der Waals surface area contributed by atoms with Crippen LogP contribution in [0.4, 0.5) is 5.13 Å². The van der Waals surface area contributed by atoms with E-state index in [1.165, 1.54) is 16.0 Å². The highest BCUT2D eigenvalue weighted by atomic mass is 32.2. The van der Waals surface area contributed by atoms with Crippen molar-refractivity contribution in [3.63, 3.8) is 0 Å². The fraction of sp³-hybridized carbons (Fsp3) is 0.440. The summed E-state index contributed by atoms with van der Waals surface area (Å²) in [5, 5.41) is 0.839. The molecule has 2 aromatic carbocycles. The van der Waals surface area contributed by atoms with Crippen LogP contribution in [0.5, 0.6) is 0 Å². The number of nitrogens with zero attached hydrogens (tertiary/aromatic N) is 3. The van der Waals surface area contributed by atoms with Gasteiger partial charge >= 0.3 is 0 Å². The second-order valence-corrected chi connectivity index (χ2v) is 10.3. The molecule has 0 saturated carbocycles. The van der Waals surface area contributed by atoms with Crippen molar-refractivity contribution < 1.29 is 4.79 Å². The van der Waals surface area contributed by atoms with E-state index in [0.29, 0.717) is 13.0 Å². The van der Waals surface area contributed by atoms with E-state index in [1.807, 2.05) is 16.7 Å². The Kier molecular flexibility index (Phi) is 8.93. The molecule has 0 bridgehead atoms. The lowest BCUT2D eigenvalue weighted by Crippen LogP contribution is -2.33. The number of benzene rings is 2. The lowest BCUT2D eigenvalue weighted by Gasteiger charge is -2.21. The van der Waals surface area contributed by atoms with Crippen LogP contribution in [0.25, 0.3) is 10.2 Å². The number of fused-ring (bicyclic) bond motifs is 1. The highest BCUT2D eigenvalue weighted by molar-refractivity contribution is 7.99. The summed E-state index contributed by atoms with van der Waals surface area (Å²) in [7, 11) is 4.14. The minimum Gasteiger partial charge on any atom is -0.309 e. The third-order valence-electron chi connectivity index (χ3n) is 5.22. The normalized spacial score (nSPS) is 11.4. The van der Waals surface area contributed by atoms with Crippen molar-refractivity contribution in [2.75, 3.05) is 37.8 Å². The van der Waals surface area contributed by atoms with E-state index in [2.05, 4.69) is 75.3 Å². The maximum atomic E-state index is 13.2. The average Bonchev–Trinajstić information content (AvgIpc) is 3.19. The summed E-state index contributed by atoms with van der Waals surface area (Å²) in [5.41, 5.74) is 3.57. The van der Waals surface area contributed by atoms with E-state index in [9.17, 15) is 4.79 Å². The Morgan fingerprint density at radius 1 is 1.06 bits per heavy atom. The Bertz CT molecular complexity index is 982. The van der Waals surface area contributed by atoms with Gasteiger partial charge < -0.3 is 4.90 Å². The lowest BCUT2D eigenvalue weighted by molar-refractivity contribution is -0.118. The van der Waals surface area contributed by atoms with Gasteiger partial charge in [-0.05, 0) is 76.3 Å². The van der Waals surface area contributed by atoms with Crippen LogP contribution < -0.4 is 4.90 Å². The van der Waals surface area contributed by atoms with Gasteiger partial charge in [0.1, 0.15) is 0 Å². The third kappa shape index (κ3) is 6.79. The van der Waals surface area contributed by atoms with Crippen molar-refractivity contribution in [3.05, 3.63) is 53.6 Å². The fourth-order valence-corrected chi connectivity index (χ4v) is 5.36. The molecule has 0 radical (unpaired) electrons. The molecule has 3 aromatic rings. The molecule has 0 aliphatic heterocycles. The molecule has 0 unspecified atom stereocenters. The van der Waals surface area contributed by atoms with Crippen LogP contribution >= 0.6 is 23.1 Å². The van der Waals surface area contributed by atoms with Crippen LogP contribution in [0.15, 0.2) is 47.4 Å². The summed E-state index contributed by atoms with van der Waals surface area (Å²) < 4.78 is 1.16. The summed E-state index contributed by atoms with van der Waals surface area (Å²) in [5.74, 6) is 1.13. The minimum absolute atomic E-state index is 0.181. The first-order chi connectivity index (χ1) is 15.0. The smallest absolute Gasteiger partial charge is 0.228 e. The van der Waals surface area contributed by atoms with E-state index in [4.69, 9.17) is 4.98 Å². The van der Waals surface area contributed by atoms with Crippen LogP contribution in [0.3, 0.4) is 0 Å². The number of para-hydroxylation sites is 1. The Hall–Kier alpha value is -1.89. The zero-order valence-corrected chi connectivity index (χ0v) is 20.7. The molecule has 0 spiro atoms. The highest BCUT2D eigenvalue weighted by Crippen LogP contribution is 2.32. The molecule has 0 N–H and O–H groups in total. The number of thiazole rings is 1. The van der Waals surface area contributed by atoms with E-state index >= 15 is 0 Å². The van der Waals surface area contributed by atoms with Crippen LogP contribution in [0, 0.1) is 6.92 Å². The second-order valence-electron chi connectivity index (χ2n) is 8.08. The third-order valence-corrected chi connectivity index (χ3v) is 7.36. The van der Waals surface area contributed by atoms with Crippen molar-refractivity contribution in [1.82, 2.24) is 9.88 Å². The SMILES string of the molecule is CCc1cccc2sc(N(CCCN(C)C)C(=O)CCCSc3ccc(C)cc3)nc12. The molecule has 6 heteroatoms. The van der Waals surface area contributed by atoms with Gasteiger partial charge in [0.15, 0.2) is 5.13 Å². The maximum Gasteiger partial charge on any atom is 0.228 e. The van der Waals surface area contributed by atoms with Gasteiger partial charge in [0.05, 0.1) is 10.2 Å². The number of aromatic nitrogens is 1. The van der Waals surface area contributed by atoms with Crippen LogP contribution in [-0.4, -0.2) is 48.7 Å². The topological polar surface area (TPSA) is 36.4 Å². The molecule has 0 atom stereocenters. The molecular formula is C25H33N3OS2. The van der Waals surface area contributed by atoms with Gasteiger partial charge in [0.2, 0.25) is 5.91 Å². The van der Waals surface area contributed by atoms with Gasteiger partial charge in [0.25, 0.3) is 0 Å². The summed E-state index contributed by atoms with van der Waals surface area (Å²) in [6, 6.07) is 14.9. The molecule has 4 nitrogen and oxygen atoms in total. The van der Waals surface area contributed by atoms with E-state index in [-0.39, 0.29) is 5.91 Å². The maximum absolute atomic E-state index is 13.2. The number of amides is 1. The number of anilines is 1. The van der Waals surface area contributed by atoms with Crippen LogP contribution in [0.1, 0.15) is 37.3 Å². The summed E-state index contributed by atoms with van der Waals surface area (Å²) >= 11 is 3.45. The van der Waals surface area contributed by atoms with Gasteiger partial charge in [0, 0.05) is 17.9 Å². The number of rotatable bonds is 11. The van der Waals surface area contributed by atoms with E-state index < -0.39 is 0 Å². The summed E-state index contributed by atoms with van der Waals surface area (Å²) in [6.07, 6.45) is 3.31. The fourth-order valence-electron chi connectivity index (χ4n) is 3.45. The number of hydrogen-bond donors (Lipinski definition) is 0. The molecule has 0 saturated heterocycles. The second kappa shape index (κ2) is 11.7. The Morgan fingerprint density at radius 2 is 1.84 bits per heavy atom. The Balaban J connectivity index is 1.66. The number of carbonyl (C=O) groups excluding carboxylic acids is 1. The van der Waals surface area contributed by atoms with Gasteiger partial charge in [-0.15, -0.1) is 11.8 Å². The molecule has 31 heavy (non-hydrogen) atoms. The summed E-state index contributed by atoms with van der Waals surface area (Å²) in [6.45, 7) is 5.92. The number of aryl methyl sites for hydroxylation is 2. The molecular weight excluding hydrogens is 422 g/mol. The quantitative estimate of drug-likeness (QED) is 0.261. The minimum atomic E-state index is 0.181. The molecule has 0 fully saturated rings. The monoisotopic (exact) mass is 455 g/mol. The van der Waals surface area contributed by atoms with Crippen molar-refractivity contribution in [1.29, 1.82) is 0 Å². The van der Waals surface area contributed by atoms with Crippen LogP contribution in [-0.2, 0) is 11.2 Å². The van der Waals surface area contributed by atoms with Crippen molar-refractivity contribution in [2.24, 2.45) is 0 Å². The first-order valence-corrected chi connectivity index (χ1v) is 12.8. The lowest BCUT2D eigenvalue weighted by atomic mass is 10.1. The first kappa shape index (κ1) is 23.8. The zero-order valence-electron chi connectivity index (χ0n) is 19.1. The van der Waals surface area contributed by atoms with E-state index in [1.54, 1.807) is 11.3 Å². The van der Waals surface area contributed by atoms with Crippen molar-refractivity contribution in [2.45, 2.75) is 44.4 Å². The largest absolute Gasteiger partial charge is 0.309 e. The molecule has 3 rings (SSSR count). The number of carbonyl (C=O) groups is 1. The van der Waals surface area contributed by atoms with Gasteiger partial charge in [-0.3, -0.25) is 9.69 Å². The van der Waals surface area contributed by atoms with E-state index in [0.717, 1.165) is 46.9 Å². The molecule has 0 aliphatic rings. The van der Waals surface area contributed by atoms with Gasteiger partial charge in [-0.1, -0.05) is 48.1 Å². The van der Waals surface area contributed by atoms with Gasteiger partial charge in [-0.25, -0.2) is 4.98 Å². The van der Waals surface area contributed by atoms with Gasteiger partial charge in [-0.2, -0.15) is 0 Å². The summed E-state index contributed by atoms with van der Waals surface area (Å²) in [4.78, 5) is 23.4. The molecule has 0 aliphatic carbocycles. The van der Waals surface area contributed by atoms with Crippen molar-refractivity contribution in [3.8, 4) is 0 Å². The zero-order chi connectivity index (χ0) is 22.2. The Morgan fingerprint density at radius 3 is 2.55 bits per heavy atom. The first-order valence-electron chi connectivity index (χ1n) is 11.0.